The molecule has 1 amide bonds. The highest BCUT2D eigenvalue weighted by Crippen LogP contribution is 2.20. The van der Waals surface area contributed by atoms with Crippen molar-refractivity contribution in [3.05, 3.63) is 17.8 Å². The van der Waals surface area contributed by atoms with Crippen LogP contribution in [0, 0.1) is 0 Å². The summed E-state index contributed by atoms with van der Waals surface area (Å²) in [5, 5.41) is 10.9. The number of carbonyl (C=O) groups is 1. The summed E-state index contributed by atoms with van der Waals surface area (Å²) in [6.45, 7) is 2.98. The first-order chi connectivity index (χ1) is 9.26. The molecular formula is C14H22N4O. The van der Waals surface area contributed by atoms with Gasteiger partial charge in [0.2, 0.25) is 0 Å². The van der Waals surface area contributed by atoms with Gasteiger partial charge >= 0.3 is 0 Å². The number of likely N-dealkylation sites (tertiary alicyclic amines) is 1. The van der Waals surface area contributed by atoms with Crippen LogP contribution in [0.5, 0.6) is 0 Å². The van der Waals surface area contributed by atoms with Crippen molar-refractivity contribution in [2.24, 2.45) is 0 Å². The predicted octanol–water partition coefficient (Wildman–Crippen LogP) is 2.31. The third-order valence-electron chi connectivity index (χ3n) is 3.75. The SMILES string of the molecule is CCC1CCCCCN1C(=O)c1ccc(NC)nn1. The molecule has 5 nitrogen and oxygen atoms in total. The predicted molar refractivity (Wildman–Crippen MR) is 75.2 cm³/mol. The summed E-state index contributed by atoms with van der Waals surface area (Å²) in [5.41, 5.74) is 0.444. The lowest BCUT2D eigenvalue weighted by Crippen LogP contribution is -2.40. The molecule has 1 N–H and O–H groups in total. The molecule has 1 aliphatic rings. The summed E-state index contributed by atoms with van der Waals surface area (Å²) in [4.78, 5) is 14.5. The van der Waals surface area contributed by atoms with Crippen LogP contribution in [-0.2, 0) is 0 Å². The van der Waals surface area contributed by atoms with E-state index >= 15 is 0 Å². The second-order valence-corrected chi connectivity index (χ2v) is 4.96. The quantitative estimate of drug-likeness (QED) is 0.908. The molecule has 1 aromatic rings. The molecular weight excluding hydrogens is 240 g/mol. The standard InChI is InChI=1S/C14H22N4O/c1-3-11-7-5-4-6-10-18(11)14(19)12-8-9-13(15-2)17-16-12/h8-9,11H,3-7,10H2,1-2H3,(H,15,17). The summed E-state index contributed by atoms with van der Waals surface area (Å²) in [5.74, 6) is 0.698. The minimum atomic E-state index is 0.0175. The number of hydrogen-bond donors (Lipinski definition) is 1. The van der Waals surface area contributed by atoms with Gasteiger partial charge in [0, 0.05) is 19.6 Å². The molecule has 5 heteroatoms. The second-order valence-electron chi connectivity index (χ2n) is 4.96. The number of rotatable bonds is 3. The summed E-state index contributed by atoms with van der Waals surface area (Å²) >= 11 is 0. The molecule has 0 aromatic carbocycles. The van der Waals surface area contributed by atoms with Gasteiger partial charge in [0.05, 0.1) is 0 Å². The van der Waals surface area contributed by atoms with Crippen molar-refractivity contribution in [2.45, 2.75) is 45.1 Å². The molecule has 0 aliphatic carbocycles. The number of amides is 1. The molecule has 2 heterocycles. The van der Waals surface area contributed by atoms with E-state index < -0.39 is 0 Å². The van der Waals surface area contributed by atoms with Crippen molar-refractivity contribution >= 4 is 11.7 Å². The third-order valence-corrected chi connectivity index (χ3v) is 3.75. The van der Waals surface area contributed by atoms with Gasteiger partial charge in [0.15, 0.2) is 5.69 Å². The Morgan fingerprint density at radius 1 is 1.37 bits per heavy atom. The van der Waals surface area contributed by atoms with E-state index in [-0.39, 0.29) is 5.91 Å². The highest BCUT2D eigenvalue weighted by atomic mass is 16.2. The van der Waals surface area contributed by atoms with Crippen molar-refractivity contribution in [2.75, 3.05) is 18.9 Å². The summed E-state index contributed by atoms with van der Waals surface area (Å²) in [6.07, 6.45) is 5.62. The topological polar surface area (TPSA) is 58.1 Å². The fourth-order valence-corrected chi connectivity index (χ4v) is 2.60. The second kappa shape index (κ2) is 6.50. The van der Waals surface area contributed by atoms with Crippen molar-refractivity contribution in [1.29, 1.82) is 0 Å². The molecule has 1 fully saturated rings. The van der Waals surface area contributed by atoms with Crippen LogP contribution < -0.4 is 5.32 Å². The Labute approximate surface area is 114 Å². The fraction of sp³-hybridized carbons (Fsp3) is 0.643. The van der Waals surface area contributed by atoms with Gasteiger partial charge in [0.1, 0.15) is 5.82 Å². The van der Waals surface area contributed by atoms with E-state index in [9.17, 15) is 4.79 Å². The lowest BCUT2D eigenvalue weighted by atomic mass is 10.1. The zero-order valence-corrected chi connectivity index (χ0v) is 11.7. The number of anilines is 1. The van der Waals surface area contributed by atoms with E-state index in [1.54, 1.807) is 19.2 Å². The maximum atomic E-state index is 12.5. The highest BCUT2D eigenvalue weighted by molar-refractivity contribution is 5.92. The van der Waals surface area contributed by atoms with E-state index in [4.69, 9.17) is 0 Å². The minimum Gasteiger partial charge on any atom is -0.372 e. The number of aromatic nitrogens is 2. The van der Waals surface area contributed by atoms with Crippen molar-refractivity contribution in [3.8, 4) is 0 Å². The molecule has 2 rings (SSSR count). The van der Waals surface area contributed by atoms with Crippen LogP contribution in [0.25, 0.3) is 0 Å². The first-order valence-electron chi connectivity index (χ1n) is 7.08. The van der Waals surface area contributed by atoms with Crippen LogP contribution in [0.2, 0.25) is 0 Å². The van der Waals surface area contributed by atoms with Gasteiger partial charge in [-0.25, -0.2) is 0 Å². The average Bonchev–Trinajstić information content (AvgIpc) is 2.71. The van der Waals surface area contributed by atoms with Gasteiger partial charge in [-0.1, -0.05) is 19.8 Å². The molecule has 19 heavy (non-hydrogen) atoms. The van der Waals surface area contributed by atoms with E-state index in [1.807, 2.05) is 4.90 Å². The molecule has 1 atom stereocenters. The maximum Gasteiger partial charge on any atom is 0.274 e. The van der Waals surface area contributed by atoms with E-state index in [1.165, 1.54) is 12.8 Å². The van der Waals surface area contributed by atoms with Crippen LogP contribution in [0.15, 0.2) is 12.1 Å². The third kappa shape index (κ3) is 3.22. The molecule has 1 saturated heterocycles. The number of hydrogen-bond acceptors (Lipinski definition) is 4. The Morgan fingerprint density at radius 3 is 2.84 bits per heavy atom. The van der Waals surface area contributed by atoms with Crippen LogP contribution in [0.1, 0.15) is 49.5 Å². The highest BCUT2D eigenvalue weighted by Gasteiger charge is 2.25. The van der Waals surface area contributed by atoms with Crippen molar-refractivity contribution in [3.63, 3.8) is 0 Å². The van der Waals surface area contributed by atoms with Gasteiger partial charge < -0.3 is 10.2 Å². The maximum absolute atomic E-state index is 12.5. The van der Waals surface area contributed by atoms with Crippen LogP contribution in [-0.4, -0.2) is 40.6 Å². The number of carbonyl (C=O) groups excluding carboxylic acids is 1. The van der Waals surface area contributed by atoms with Gasteiger partial charge in [-0.3, -0.25) is 4.79 Å². The van der Waals surface area contributed by atoms with Crippen LogP contribution in [0.3, 0.4) is 0 Å². The molecule has 0 spiro atoms. The zero-order chi connectivity index (χ0) is 13.7. The van der Waals surface area contributed by atoms with E-state index in [0.717, 1.165) is 25.8 Å². The van der Waals surface area contributed by atoms with Crippen LogP contribution in [0.4, 0.5) is 5.82 Å². The minimum absolute atomic E-state index is 0.0175. The average molecular weight is 262 g/mol. The monoisotopic (exact) mass is 262 g/mol. The zero-order valence-electron chi connectivity index (χ0n) is 11.7. The molecule has 1 aliphatic heterocycles. The molecule has 1 unspecified atom stereocenters. The largest absolute Gasteiger partial charge is 0.372 e. The fourth-order valence-electron chi connectivity index (χ4n) is 2.60. The molecule has 0 radical (unpaired) electrons. The number of nitrogens with zero attached hydrogens (tertiary/aromatic N) is 3. The van der Waals surface area contributed by atoms with Gasteiger partial charge in [-0.15, -0.1) is 10.2 Å². The number of nitrogens with one attached hydrogen (secondary N) is 1. The normalized spacial score (nSPS) is 19.9. The van der Waals surface area contributed by atoms with Gasteiger partial charge in [-0.05, 0) is 31.4 Å². The van der Waals surface area contributed by atoms with E-state index in [2.05, 4.69) is 22.4 Å². The lowest BCUT2D eigenvalue weighted by Gasteiger charge is -2.28. The Hall–Kier alpha value is -1.65. The Bertz CT molecular complexity index is 418. The molecule has 1 aromatic heterocycles. The molecule has 0 saturated carbocycles. The summed E-state index contributed by atoms with van der Waals surface area (Å²) in [6, 6.07) is 3.89. The van der Waals surface area contributed by atoms with Gasteiger partial charge in [-0.2, -0.15) is 0 Å². The van der Waals surface area contributed by atoms with Crippen LogP contribution >= 0.6 is 0 Å². The molecule has 104 valence electrons. The van der Waals surface area contributed by atoms with Crippen molar-refractivity contribution in [1.82, 2.24) is 15.1 Å². The smallest absolute Gasteiger partial charge is 0.274 e. The Kier molecular flexibility index (Phi) is 4.71. The molecule has 0 bridgehead atoms. The Balaban J connectivity index is 2.15. The summed E-state index contributed by atoms with van der Waals surface area (Å²) < 4.78 is 0. The van der Waals surface area contributed by atoms with Gasteiger partial charge in [0.25, 0.3) is 5.91 Å². The lowest BCUT2D eigenvalue weighted by molar-refractivity contribution is 0.0671. The Morgan fingerprint density at radius 2 is 2.21 bits per heavy atom. The first kappa shape index (κ1) is 13.8. The van der Waals surface area contributed by atoms with Crippen molar-refractivity contribution < 1.29 is 4.79 Å². The van der Waals surface area contributed by atoms with E-state index in [0.29, 0.717) is 17.6 Å². The first-order valence-corrected chi connectivity index (χ1v) is 7.08. The summed E-state index contributed by atoms with van der Waals surface area (Å²) in [7, 11) is 1.79.